The maximum absolute atomic E-state index is 14.3. The first-order valence-electron chi connectivity index (χ1n) is 15.8. The zero-order valence-electron chi connectivity index (χ0n) is 26.9. The summed E-state index contributed by atoms with van der Waals surface area (Å²) in [5.41, 5.74) is 0.693. The van der Waals surface area contributed by atoms with Crippen LogP contribution in [0.4, 0.5) is 24.5 Å². The average molecular weight is 659 g/mol. The monoisotopic (exact) mass is 658 g/mol. The molecule has 12 heteroatoms. The Morgan fingerprint density at radius 3 is 2.58 bits per heavy atom. The van der Waals surface area contributed by atoms with E-state index in [-0.39, 0.29) is 33.6 Å². The van der Waals surface area contributed by atoms with Gasteiger partial charge in [0, 0.05) is 44.1 Å². The number of alkyl halides is 3. The summed E-state index contributed by atoms with van der Waals surface area (Å²) in [6.07, 6.45) is 3.99. The molecule has 1 fully saturated rings. The van der Waals surface area contributed by atoms with Gasteiger partial charge >= 0.3 is 6.18 Å². The van der Waals surface area contributed by atoms with Crippen molar-refractivity contribution in [2.45, 2.75) is 57.3 Å². The molecular weight excluding hydrogens is 621 g/mol. The third-order valence-electron chi connectivity index (χ3n) is 8.57. The number of hydrogen-bond donors (Lipinski definition) is 3. The number of nitriles is 1. The molecule has 1 aromatic heterocycles. The molecule has 1 heterocycles. The number of halogens is 3. The molecule has 0 radical (unpaired) electrons. The van der Waals surface area contributed by atoms with E-state index < -0.39 is 29.7 Å². The van der Waals surface area contributed by atoms with E-state index in [1.807, 2.05) is 6.07 Å². The SMILES string of the molecule is CO[C@H](C)c1nc2cc(-c3cccc(NC(=O)c4ccc(NC(=O)/C=C/CNC5CCCCC5)c(C#N)c4)c3)c(C(F)(F)F)cc2n1C. The van der Waals surface area contributed by atoms with Crippen molar-refractivity contribution in [1.29, 1.82) is 5.26 Å². The summed E-state index contributed by atoms with van der Waals surface area (Å²) in [5.74, 6) is -0.498. The maximum atomic E-state index is 14.3. The Hall–Kier alpha value is -4.99. The molecule has 4 aromatic rings. The van der Waals surface area contributed by atoms with Crippen molar-refractivity contribution in [3.63, 3.8) is 0 Å². The topological polar surface area (TPSA) is 121 Å². The van der Waals surface area contributed by atoms with Crippen LogP contribution in [-0.2, 0) is 22.8 Å². The quantitative estimate of drug-likeness (QED) is 0.152. The lowest BCUT2D eigenvalue weighted by Crippen LogP contribution is -2.31. The number of carbonyl (C=O) groups excluding carboxylic acids is 2. The van der Waals surface area contributed by atoms with Gasteiger partial charge in [0.05, 0.1) is 27.8 Å². The molecule has 48 heavy (non-hydrogen) atoms. The summed E-state index contributed by atoms with van der Waals surface area (Å²) >= 11 is 0. The van der Waals surface area contributed by atoms with Gasteiger partial charge in [-0.25, -0.2) is 4.98 Å². The van der Waals surface area contributed by atoms with Crippen LogP contribution < -0.4 is 16.0 Å². The van der Waals surface area contributed by atoms with Crippen molar-refractivity contribution in [2.75, 3.05) is 24.3 Å². The second-order valence-corrected chi connectivity index (χ2v) is 11.8. The molecule has 1 aliphatic carbocycles. The Labute approximate surface area is 276 Å². The summed E-state index contributed by atoms with van der Waals surface area (Å²) in [4.78, 5) is 30.2. The molecular formula is C36H37F3N6O3. The number of fused-ring (bicyclic) bond motifs is 1. The minimum atomic E-state index is -4.66. The predicted molar refractivity (Wildman–Crippen MR) is 178 cm³/mol. The van der Waals surface area contributed by atoms with E-state index in [0.717, 1.165) is 18.9 Å². The Balaban J connectivity index is 1.31. The highest BCUT2D eigenvalue weighted by atomic mass is 19.4. The minimum absolute atomic E-state index is 0.0825. The number of nitrogens with zero attached hydrogens (tertiary/aromatic N) is 3. The average Bonchev–Trinajstić information content (AvgIpc) is 3.41. The van der Waals surface area contributed by atoms with Gasteiger partial charge in [0.15, 0.2) is 0 Å². The lowest BCUT2D eigenvalue weighted by molar-refractivity contribution is -0.137. The van der Waals surface area contributed by atoms with Crippen LogP contribution in [0.5, 0.6) is 0 Å². The normalized spacial score (nSPS) is 14.6. The standard InChI is InChI=1S/C36H37F3N6O3/c1-22(48-3)34-44-31-19-28(29(36(37,38)39)20-32(31)45(34)2)23-9-7-12-27(18-23)42-35(47)24-14-15-30(25(17-24)21-40)43-33(46)13-8-16-41-26-10-5-4-6-11-26/h7-9,12-15,17-20,22,26,41H,4-6,10-11,16H2,1-3H3,(H,42,47)(H,43,46)/b13-8+/t22-/m1/s1. The van der Waals surface area contributed by atoms with Crippen LogP contribution in [0.15, 0.2) is 66.7 Å². The Bertz CT molecular complexity index is 1890. The van der Waals surface area contributed by atoms with E-state index in [0.29, 0.717) is 29.4 Å². The Morgan fingerprint density at radius 1 is 1.10 bits per heavy atom. The second kappa shape index (κ2) is 14.8. The Kier molecular flexibility index (Phi) is 10.6. The highest BCUT2D eigenvalue weighted by Gasteiger charge is 2.35. The van der Waals surface area contributed by atoms with Gasteiger partial charge in [-0.1, -0.05) is 37.5 Å². The zero-order chi connectivity index (χ0) is 34.4. The first-order valence-corrected chi connectivity index (χ1v) is 15.8. The highest BCUT2D eigenvalue weighted by Crippen LogP contribution is 2.40. The molecule has 0 spiro atoms. The van der Waals surface area contributed by atoms with E-state index >= 15 is 0 Å². The lowest BCUT2D eigenvalue weighted by Gasteiger charge is -2.21. The summed E-state index contributed by atoms with van der Waals surface area (Å²) < 4.78 is 49.8. The molecule has 1 aliphatic rings. The van der Waals surface area contributed by atoms with Gasteiger partial charge in [-0.2, -0.15) is 18.4 Å². The summed E-state index contributed by atoms with van der Waals surface area (Å²) in [7, 11) is 3.14. The minimum Gasteiger partial charge on any atom is -0.374 e. The number of aromatic nitrogens is 2. The summed E-state index contributed by atoms with van der Waals surface area (Å²) in [5, 5.41) is 18.5. The molecule has 5 rings (SSSR count). The lowest BCUT2D eigenvalue weighted by atomic mass is 9.95. The van der Waals surface area contributed by atoms with Crippen LogP contribution in [0.1, 0.15) is 72.4 Å². The number of ether oxygens (including phenoxy) is 1. The smallest absolute Gasteiger partial charge is 0.374 e. The van der Waals surface area contributed by atoms with Gasteiger partial charge in [0.2, 0.25) is 5.91 Å². The van der Waals surface area contributed by atoms with Gasteiger partial charge in [0.25, 0.3) is 5.91 Å². The van der Waals surface area contributed by atoms with E-state index in [2.05, 4.69) is 20.9 Å². The first-order chi connectivity index (χ1) is 23.0. The van der Waals surface area contributed by atoms with Crippen LogP contribution in [0, 0.1) is 11.3 Å². The number of anilines is 2. The van der Waals surface area contributed by atoms with E-state index in [9.17, 15) is 28.0 Å². The number of rotatable bonds is 10. The van der Waals surface area contributed by atoms with Gasteiger partial charge < -0.3 is 25.3 Å². The number of aryl methyl sites for hydroxylation is 1. The molecule has 0 bridgehead atoms. The Morgan fingerprint density at radius 2 is 1.88 bits per heavy atom. The molecule has 250 valence electrons. The van der Waals surface area contributed by atoms with Crippen molar-refractivity contribution in [3.05, 3.63) is 89.3 Å². The van der Waals surface area contributed by atoms with Crippen LogP contribution in [0.3, 0.4) is 0 Å². The third kappa shape index (κ3) is 7.93. The second-order valence-electron chi connectivity index (χ2n) is 11.8. The van der Waals surface area contributed by atoms with E-state index in [1.165, 1.54) is 68.8 Å². The molecule has 0 aliphatic heterocycles. The van der Waals surface area contributed by atoms with Gasteiger partial charge in [0.1, 0.15) is 18.0 Å². The van der Waals surface area contributed by atoms with Crippen molar-refractivity contribution in [1.82, 2.24) is 14.9 Å². The molecule has 0 unspecified atom stereocenters. The van der Waals surface area contributed by atoms with E-state index in [4.69, 9.17) is 4.74 Å². The molecule has 3 N–H and O–H groups in total. The van der Waals surface area contributed by atoms with Gasteiger partial charge in [-0.3, -0.25) is 9.59 Å². The fourth-order valence-electron chi connectivity index (χ4n) is 5.94. The van der Waals surface area contributed by atoms with Crippen molar-refractivity contribution in [3.8, 4) is 17.2 Å². The number of benzene rings is 3. The first kappa shape index (κ1) is 34.3. The van der Waals surface area contributed by atoms with Crippen molar-refractivity contribution < 1.29 is 27.5 Å². The number of amides is 2. The summed E-state index contributed by atoms with van der Waals surface area (Å²) in [6, 6.07) is 15.3. The number of methoxy groups -OCH3 is 1. The summed E-state index contributed by atoms with van der Waals surface area (Å²) in [6.45, 7) is 2.32. The maximum Gasteiger partial charge on any atom is 0.417 e. The van der Waals surface area contributed by atoms with Gasteiger partial charge in [-0.15, -0.1) is 0 Å². The fourth-order valence-corrected chi connectivity index (χ4v) is 5.94. The van der Waals surface area contributed by atoms with Gasteiger partial charge in [-0.05, 0) is 73.4 Å². The van der Waals surface area contributed by atoms with Crippen LogP contribution >= 0.6 is 0 Å². The molecule has 0 saturated heterocycles. The fraction of sp³-hybridized carbons (Fsp3) is 0.333. The molecule has 3 aromatic carbocycles. The zero-order valence-corrected chi connectivity index (χ0v) is 26.9. The van der Waals surface area contributed by atoms with Crippen LogP contribution in [-0.4, -0.2) is 41.1 Å². The molecule has 2 amide bonds. The number of carbonyl (C=O) groups is 2. The number of hydrogen-bond acceptors (Lipinski definition) is 6. The van der Waals surface area contributed by atoms with E-state index in [1.54, 1.807) is 36.7 Å². The van der Waals surface area contributed by atoms with Crippen LogP contribution in [0.25, 0.3) is 22.2 Å². The third-order valence-corrected chi connectivity index (χ3v) is 8.57. The molecule has 1 saturated carbocycles. The number of nitrogens with one attached hydrogen (secondary N) is 3. The largest absolute Gasteiger partial charge is 0.417 e. The van der Waals surface area contributed by atoms with Crippen LogP contribution in [0.2, 0.25) is 0 Å². The molecule has 9 nitrogen and oxygen atoms in total. The predicted octanol–water partition coefficient (Wildman–Crippen LogP) is 7.51. The molecule has 1 atom stereocenters. The van der Waals surface area contributed by atoms with Crippen molar-refractivity contribution >= 4 is 34.2 Å². The van der Waals surface area contributed by atoms with Crippen molar-refractivity contribution in [2.24, 2.45) is 7.05 Å². The number of imidazole rings is 1. The highest BCUT2D eigenvalue weighted by molar-refractivity contribution is 6.06.